The highest BCUT2D eigenvalue weighted by Gasteiger charge is 2.12. The summed E-state index contributed by atoms with van der Waals surface area (Å²) >= 11 is 0. The van der Waals surface area contributed by atoms with Crippen molar-refractivity contribution in [1.29, 1.82) is 0 Å². The molecule has 0 aromatic heterocycles. The molecule has 0 saturated carbocycles. The third kappa shape index (κ3) is 0.775. The monoisotopic (exact) mass is 134 g/mol. The van der Waals surface area contributed by atoms with Crippen molar-refractivity contribution in [3.63, 3.8) is 0 Å². The van der Waals surface area contributed by atoms with Crippen LogP contribution in [0.3, 0.4) is 0 Å². The first kappa shape index (κ1) is 5.46. The van der Waals surface area contributed by atoms with Crippen molar-refractivity contribution in [1.82, 2.24) is 0 Å². The molecule has 50 valence electrons. The highest BCUT2D eigenvalue weighted by molar-refractivity contribution is 6.47. The van der Waals surface area contributed by atoms with Crippen LogP contribution in [0.25, 0.3) is 0 Å². The molecular weight excluding hydrogens is 128 g/mol. The number of rotatable bonds is 1. The summed E-state index contributed by atoms with van der Waals surface area (Å²) in [4.78, 5) is 0. The average Bonchev–Trinajstić information content (AvgIpc) is 2.59. The van der Waals surface area contributed by atoms with E-state index in [0.717, 1.165) is 24.3 Å². The van der Waals surface area contributed by atoms with Crippen molar-refractivity contribution < 1.29 is 0 Å². The molecule has 0 bridgehead atoms. The molecular formula is C6H6N4. The Labute approximate surface area is 58.1 Å². The van der Waals surface area contributed by atoms with Gasteiger partial charge in [-0.2, -0.15) is 20.4 Å². The Hall–Kier alpha value is -1.32. The van der Waals surface area contributed by atoms with Crippen LogP contribution >= 0.6 is 0 Å². The van der Waals surface area contributed by atoms with Crippen LogP contribution in [0, 0.1) is 0 Å². The Morgan fingerprint density at radius 3 is 1.70 bits per heavy atom. The number of nitrogens with zero attached hydrogens (tertiary/aromatic N) is 4. The lowest BCUT2D eigenvalue weighted by molar-refractivity contribution is 1.27. The first-order chi connectivity index (χ1) is 4.97. The van der Waals surface area contributed by atoms with Crippen molar-refractivity contribution in [3.05, 3.63) is 0 Å². The van der Waals surface area contributed by atoms with Gasteiger partial charge in [0.1, 0.15) is 0 Å². The van der Waals surface area contributed by atoms with E-state index >= 15 is 0 Å². The second kappa shape index (κ2) is 2.13. The van der Waals surface area contributed by atoms with Crippen LogP contribution in [0.2, 0.25) is 0 Å². The van der Waals surface area contributed by atoms with Crippen LogP contribution in [0.4, 0.5) is 0 Å². The van der Waals surface area contributed by atoms with E-state index in [9.17, 15) is 0 Å². The molecule has 0 unspecified atom stereocenters. The van der Waals surface area contributed by atoms with Crippen molar-refractivity contribution in [2.75, 3.05) is 0 Å². The van der Waals surface area contributed by atoms with Gasteiger partial charge in [-0.15, -0.1) is 0 Å². The zero-order valence-electron chi connectivity index (χ0n) is 5.36. The third-order valence-corrected chi connectivity index (χ3v) is 1.42. The summed E-state index contributed by atoms with van der Waals surface area (Å²) in [5.74, 6) is 0. The molecule has 0 atom stereocenters. The molecule has 4 nitrogen and oxygen atoms in total. The Morgan fingerprint density at radius 2 is 1.40 bits per heavy atom. The first-order valence-corrected chi connectivity index (χ1v) is 3.14. The fourth-order valence-electron chi connectivity index (χ4n) is 0.908. The Kier molecular flexibility index (Phi) is 1.16. The van der Waals surface area contributed by atoms with Gasteiger partial charge in [-0.05, 0) is 0 Å². The summed E-state index contributed by atoms with van der Waals surface area (Å²) in [6.45, 7) is 0. The second-order valence-corrected chi connectivity index (χ2v) is 2.10. The van der Waals surface area contributed by atoms with Crippen molar-refractivity contribution in [2.45, 2.75) is 12.8 Å². The Balaban J connectivity index is 2.15. The smallest absolute Gasteiger partial charge is 0.0921 e. The molecule has 0 amide bonds. The molecule has 0 saturated heterocycles. The molecule has 0 N–H and O–H groups in total. The van der Waals surface area contributed by atoms with E-state index in [0.29, 0.717) is 0 Å². The summed E-state index contributed by atoms with van der Waals surface area (Å²) in [6.07, 6.45) is 5.16. The zero-order valence-corrected chi connectivity index (χ0v) is 5.36. The van der Waals surface area contributed by atoms with Gasteiger partial charge >= 0.3 is 0 Å². The largest absolute Gasteiger partial charge is 0.163 e. The van der Waals surface area contributed by atoms with Crippen LogP contribution < -0.4 is 0 Å². The lowest BCUT2D eigenvalue weighted by Gasteiger charge is -1.91. The normalized spacial score (nSPS) is 21.6. The summed E-state index contributed by atoms with van der Waals surface area (Å²) in [6, 6.07) is 0. The predicted octanol–water partition coefficient (Wildman–Crippen LogP) is 0.647. The molecule has 0 spiro atoms. The van der Waals surface area contributed by atoms with Crippen LogP contribution in [-0.4, -0.2) is 23.9 Å². The molecule has 0 radical (unpaired) electrons. The SMILES string of the molecule is C1=NN=C(C2=NN=CC2)C1. The summed E-state index contributed by atoms with van der Waals surface area (Å²) in [5.41, 5.74) is 1.91. The molecule has 2 heterocycles. The van der Waals surface area contributed by atoms with E-state index in [2.05, 4.69) is 20.4 Å². The van der Waals surface area contributed by atoms with Crippen molar-refractivity contribution in [2.24, 2.45) is 20.4 Å². The standard InChI is InChI=1S/C6H6N4/c1-3-7-9-5(1)6-2-4-8-10-6/h3-4H,1-2H2. The summed E-state index contributed by atoms with van der Waals surface area (Å²) in [5, 5.41) is 15.3. The molecule has 4 heteroatoms. The molecule has 0 aliphatic carbocycles. The minimum Gasteiger partial charge on any atom is -0.163 e. The van der Waals surface area contributed by atoms with E-state index in [1.54, 1.807) is 12.4 Å². The first-order valence-electron chi connectivity index (χ1n) is 3.14. The van der Waals surface area contributed by atoms with Crippen LogP contribution in [-0.2, 0) is 0 Å². The van der Waals surface area contributed by atoms with Gasteiger partial charge in [0.25, 0.3) is 0 Å². The van der Waals surface area contributed by atoms with Gasteiger partial charge in [0.15, 0.2) is 0 Å². The van der Waals surface area contributed by atoms with Gasteiger partial charge in [-0.25, -0.2) is 0 Å². The van der Waals surface area contributed by atoms with E-state index in [4.69, 9.17) is 0 Å². The fraction of sp³-hybridized carbons (Fsp3) is 0.333. The molecule has 0 fully saturated rings. The lowest BCUT2D eigenvalue weighted by Crippen LogP contribution is -2.09. The van der Waals surface area contributed by atoms with E-state index in [-0.39, 0.29) is 0 Å². The molecule has 2 aliphatic rings. The maximum absolute atomic E-state index is 3.89. The van der Waals surface area contributed by atoms with Crippen molar-refractivity contribution in [3.8, 4) is 0 Å². The van der Waals surface area contributed by atoms with E-state index in [1.807, 2.05) is 0 Å². The van der Waals surface area contributed by atoms with Gasteiger partial charge in [-0.1, -0.05) is 0 Å². The average molecular weight is 134 g/mol. The minimum atomic E-state index is 0.808. The van der Waals surface area contributed by atoms with Gasteiger partial charge in [0.2, 0.25) is 0 Å². The van der Waals surface area contributed by atoms with Crippen LogP contribution in [0.15, 0.2) is 20.4 Å². The molecule has 2 aliphatic heterocycles. The van der Waals surface area contributed by atoms with Gasteiger partial charge in [0, 0.05) is 25.3 Å². The quantitative estimate of drug-likeness (QED) is 0.505. The lowest BCUT2D eigenvalue weighted by atomic mass is 10.1. The molecule has 2 rings (SSSR count). The van der Waals surface area contributed by atoms with Gasteiger partial charge in [0.05, 0.1) is 11.4 Å². The maximum Gasteiger partial charge on any atom is 0.0921 e. The Morgan fingerprint density at radius 1 is 0.900 bits per heavy atom. The third-order valence-electron chi connectivity index (χ3n) is 1.42. The minimum absolute atomic E-state index is 0.808. The highest BCUT2D eigenvalue weighted by atomic mass is 15.3. The summed E-state index contributed by atoms with van der Waals surface area (Å²) < 4.78 is 0. The van der Waals surface area contributed by atoms with Crippen LogP contribution in [0.5, 0.6) is 0 Å². The zero-order chi connectivity index (χ0) is 6.81. The highest BCUT2D eigenvalue weighted by Crippen LogP contribution is 2.03. The molecule has 10 heavy (non-hydrogen) atoms. The maximum atomic E-state index is 3.89. The van der Waals surface area contributed by atoms with Gasteiger partial charge in [-0.3, -0.25) is 0 Å². The summed E-state index contributed by atoms with van der Waals surface area (Å²) in [7, 11) is 0. The Bertz CT molecular complexity index is 231. The van der Waals surface area contributed by atoms with Crippen molar-refractivity contribution >= 4 is 23.9 Å². The molecule has 0 aromatic rings. The molecule has 0 aromatic carbocycles. The number of hydrogen-bond acceptors (Lipinski definition) is 4. The topological polar surface area (TPSA) is 49.4 Å². The van der Waals surface area contributed by atoms with E-state index in [1.165, 1.54) is 0 Å². The van der Waals surface area contributed by atoms with Gasteiger partial charge < -0.3 is 0 Å². The fourth-order valence-corrected chi connectivity index (χ4v) is 0.908. The predicted molar refractivity (Wildman–Crippen MR) is 41.1 cm³/mol. The number of hydrogen-bond donors (Lipinski definition) is 0. The van der Waals surface area contributed by atoms with Crippen LogP contribution in [0.1, 0.15) is 12.8 Å². The van der Waals surface area contributed by atoms with E-state index < -0.39 is 0 Å². The second-order valence-electron chi connectivity index (χ2n) is 2.10.